The van der Waals surface area contributed by atoms with Gasteiger partial charge in [0.1, 0.15) is 0 Å². The van der Waals surface area contributed by atoms with Crippen molar-refractivity contribution < 1.29 is 9.59 Å². The Kier molecular flexibility index (Phi) is 4.79. The summed E-state index contributed by atoms with van der Waals surface area (Å²) in [6.45, 7) is 3.16. The number of rotatable bonds is 4. The number of hydrogen-bond acceptors (Lipinski definition) is 2. The second-order valence-electron chi connectivity index (χ2n) is 6.38. The van der Waals surface area contributed by atoms with Crippen LogP contribution in [-0.2, 0) is 10.2 Å². The average Bonchev–Trinajstić information content (AvgIpc) is 2.68. The summed E-state index contributed by atoms with van der Waals surface area (Å²) < 4.78 is 0. The third kappa shape index (κ3) is 2.99. The van der Waals surface area contributed by atoms with E-state index in [1.165, 1.54) is 0 Å². The Hall–Kier alpha value is -2.42. The zero-order valence-corrected chi connectivity index (χ0v) is 14.1. The van der Waals surface area contributed by atoms with Crippen molar-refractivity contribution in [1.29, 1.82) is 0 Å². The van der Waals surface area contributed by atoms with Gasteiger partial charge in [-0.05, 0) is 18.4 Å². The standard InChI is InChI=1S/C21H23NO2/c1-2-19(23)22-15-13-21(14-16-22,18-11-7-4-8-12-18)20(24)17-9-5-3-6-10-17/h3-12H,2,13-16H2,1H3. The summed E-state index contributed by atoms with van der Waals surface area (Å²) in [7, 11) is 0. The normalized spacial score (nSPS) is 16.6. The second-order valence-corrected chi connectivity index (χ2v) is 6.38. The van der Waals surface area contributed by atoms with Crippen molar-refractivity contribution in [1.82, 2.24) is 4.90 Å². The van der Waals surface area contributed by atoms with Gasteiger partial charge in [0.05, 0.1) is 5.41 Å². The van der Waals surface area contributed by atoms with Crippen molar-refractivity contribution in [3.05, 3.63) is 71.8 Å². The van der Waals surface area contributed by atoms with Crippen molar-refractivity contribution in [3.8, 4) is 0 Å². The molecule has 1 fully saturated rings. The molecule has 1 aliphatic heterocycles. The molecule has 0 N–H and O–H groups in total. The first kappa shape index (κ1) is 16.4. The summed E-state index contributed by atoms with van der Waals surface area (Å²) in [5.41, 5.74) is 1.27. The topological polar surface area (TPSA) is 37.4 Å². The molecule has 3 rings (SSSR count). The van der Waals surface area contributed by atoms with Crippen LogP contribution in [0.4, 0.5) is 0 Å². The lowest BCUT2D eigenvalue weighted by atomic mass is 9.68. The van der Waals surface area contributed by atoms with E-state index in [-0.39, 0.29) is 11.7 Å². The number of likely N-dealkylation sites (tertiary alicyclic amines) is 1. The Morgan fingerprint density at radius 1 is 0.917 bits per heavy atom. The third-order valence-electron chi connectivity index (χ3n) is 5.07. The number of piperidine rings is 1. The van der Waals surface area contributed by atoms with Crippen LogP contribution in [0.2, 0.25) is 0 Å². The van der Waals surface area contributed by atoms with Gasteiger partial charge in [0, 0.05) is 25.1 Å². The Labute approximate surface area is 143 Å². The maximum Gasteiger partial charge on any atom is 0.222 e. The van der Waals surface area contributed by atoms with Crippen LogP contribution in [-0.4, -0.2) is 29.7 Å². The van der Waals surface area contributed by atoms with Crippen LogP contribution >= 0.6 is 0 Å². The van der Waals surface area contributed by atoms with Crippen LogP contribution in [0.1, 0.15) is 42.1 Å². The molecule has 1 heterocycles. The summed E-state index contributed by atoms with van der Waals surface area (Å²) in [4.78, 5) is 27.2. The molecule has 0 saturated carbocycles. The van der Waals surface area contributed by atoms with E-state index >= 15 is 0 Å². The second kappa shape index (κ2) is 7.00. The van der Waals surface area contributed by atoms with Gasteiger partial charge in [-0.25, -0.2) is 0 Å². The number of carbonyl (C=O) groups is 2. The highest BCUT2D eigenvalue weighted by atomic mass is 16.2. The van der Waals surface area contributed by atoms with E-state index in [1.807, 2.05) is 72.5 Å². The Balaban J connectivity index is 1.95. The van der Waals surface area contributed by atoms with Gasteiger partial charge in [-0.3, -0.25) is 9.59 Å². The van der Waals surface area contributed by atoms with Gasteiger partial charge in [0.25, 0.3) is 0 Å². The van der Waals surface area contributed by atoms with E-state index in [1.54, 1.807) is 0 Å². The van der Waals surface area contributed by atoms with Crippen LogP contribution < -0.4 is 0 Å². The highest BCUT2D eigenvalue weighted by Gasteiger charge is 2.43. The van der Waals surface area contributed by atoms with Crippen molar-refractivity contribution in [2.75, 3.05) is 13.1 Å². The van der Waals surface area contributed by atoms with Crippen molar-refractivity contribution >= 4 is 11.7 Å². The van der Waals surface area contributed by atoms with Gasteiger partial charge in [-0.2, -0.15) is 0 Å². The molecule has 2 aromatic rings. The first-order chi connectivity index (χ1) is 11.7. The molecule has 0 atom stereocenters. The molecular formula is C21H23NO2. The summed E-state index contributed by atoms with van der Waals surface area (Å²) in [5.74, 6) is 0.335. The Morgan fingerprint density at radius 2 is 1.46 bits per heavy atom. The fourth-order valence-corrected chi connectivity index (χ4v) is 3.63. The quantitative estimate of drug-likeness (QED) is 0.802. The number of Topliss-reactive ketones (excluding diaryl/α,β-unsaturated/α-hetero) is 1. The third-order valence-corrected chi connectivity index (χ3v) is 5.07. The van der Waals surface area contributed by atoms with E-state index in [9.17, 15) is 9.59 Å². The molecule has 0 aromatic heterocycles. The summed E-state index contributed by atoms with van der Waals surface area (Å²) in [6.07, 6.45) is 1.87. The molecule has 1 aliphatic rings. The number of nitrogens with zero attached hydrogens (tertiary/aromatic N) is 1. The molecule has 0 radical (unpaired) electrons. The van der Waals surface area contributed by atoms with Gasteiger partial charge in [0.15, 0.2) is 5.78 Å². The average molecular weight is 321 g/mol. The summed E-state index contributed by atoms with van der Waals surface area (Å²) in [5, 5.41) is 0. The molecule has 3 heteroatoms. The molecule has 2 aromatic carbocycles. The first-order valence-corrected chi connectivity index (χ1v) is 8.60. The number of ketones is 1. The van der Waals surface area contributed by atoms with E-state index < -0.39 is 5.41 Å². The van der Waals surface area contributed by atoms with E-state index in [0.717, 1.165) is 11.1 Å². The molecule has 1 amide bonds. The molecule has 0 unspecified atom stereocenters. The SMILES string of the molecule is CCC(=O)N1CCC(C(=O)c2ccccc2)(c2ccccc2)CC1. The smallest absolute Gasteiger partial charge is 0.222 e. The van der Waals surface area contributed by atoms with Gasteiger partial charge < -0.3 is 4.90 Å². The van der Waals surface area contributed by atoms with Crippen LogP contribution in [0.3, 0.4) is 0 Å². The van der Waals surface area contributed by atoms with Crippen LogP contribution in [0, 0.1) is 0 Å². The zero-order chi connectivity index (χ0) is 17.0. The van der Waals surface area contributed by atoms with Crippen molar-refractivity contribution in [2.24, 2.45) is 0 Å². The largest absolute Gasteiger partial charge is 0.343 e. The molecule has 1 saturated heterocycles. The Morgan fingerprint density at radius 3 is 2.00 bits per heavy atom. The van der Waals surface area contributed by atoms with Gasteiger partial charge in [-0.15, -0.1) is 0 Å². The van der Waals surface area contributed by atoms with E-state index in [4.69, 9.17) is 0 Å². The molecule has 3 nitrogen and oxygen atoms in total. The minimum Gasteiger partial charge on any atom is -0.343 e. The number of benzene rings is 2. The molecule has 0 bridgehead atoms. The monoisotopic (exact) mass is 321 g/mol. The Bertz CT molecular complexity index is 701. The van der Waals surface area contributed by atoms with Gasteiger partial charge in [0.2, 0.25) is 5.91 Å². The summed E-state index contributed by atoms with van der Waals surface area (Å²) in [6, 6.07) is 19.5. The van der Waals surface area contributed by atoms with Crippen LogP contribution in [0.15, 0.2) is 60.7 Å². The van der Waals surface area contributed by atoms with Crippen molar-refractivity contribution in [2.45, 2.75) is 31.6 Å². The molecule has 124 valence electrons. The predicted molar refractivity (Wildman–Crippen MR) is 95.0 cm³/mol. The highest BCUT2D eigenvalue weighted by Crippen LogP contribution is 2.38. The highest BCUT2D eigenvalue weighted by molar-refractivity contribution is 6.04. The fourth-order valence-electron chi connectivity index (χ4n) is 3.63. The predicted octanol–water partition coefficient (Wildman–Crippen LogP) is 3.84. The van der Waals surface area contributed by atoms with Gasteiger partial charge >= 0.3 is 0 Å². The fraction of sp³-hybridized carbons (Fsp3) is 0.333. The maximum absolute atomic E-state index is 13.4. The van der Waals surface area contributed by atoms with E-state index in [2.05, 4.69) is 0 Å². The van der Waals surface area contributed by atoms with Crippen LogP contribution in [0.25, 0.3) is 0 Å². The lowest BCUT2D eigenvalue weighted by Gasteiger charge is -2.41. The van der Waals surface area contributed by atoms with E-state index in [0.29, 0.717) is 32.4 Å². The summed E-state index contributed by atoms with van der Waals surface area (Å²) >= 11 is 0. The van der Waals surface area contributed by atoms with Crippen molar-refractivity contribution in [3.63, 3.8) is 0 Å². The zero-order valence-electron chi connectivity index (χ0n) is 14.1. The molecule has 0 aliphatic carbocycles. The van der Waals surface area contributed by atoms with Crippen LogP contribution in [0.5, 0.6) is 0 Å². The first-order valence-electron chi connectivity index (χ1n) is 8.60. The maximum atomic E-state index is 13.4. The minimum atomic E-state index is -0.535. The molecular weight excluding hydrogens is 298 g/mol. The number of carbonyl (C=O) groups excluding carboxylic acids is 2. The lowest BCUT2D eigenvalue weighted by Crippen LogP contribution is -2.49. The molecule has 0 spiro atoms. The molecule has 24 heavy (non-hydrogen) atoms. The number of amides is 1. The number of hydrogen-bond donors (Lipinski definition) is 0. The minimum absolute atomic E-state index is 0.165. The van der Waals surface area contributed by atoms with Gasteiger partial charge in [-0.1, -0.05) is 67.6 Å². The lowest BCUT2D eigenvalue weighted by molar-refractivity contribution is -0.132.